The van der Waals surface area contributed by atoms with Crippen molar-refractivity contribution in [1.82, 2.24) is 15.5 Å². The molecule has 2 N–H and O–H groups in total. The van der Waals surface area contributed by atoms with Gasteiger partial charge in [-0.05, 0) is 63.3 Å². The molecule has 1 fully saturated rings. The molecule has 7 heteroatoms. The SMILES string of the molecule is COc1ccc(N2CCC(NC(=O)NCC(c3ccco3)N(C)C)CC2)cc1. The molecule has 1 aromatic carbocycles. The van der Waals surface area contributed by atoms with Crippen molar-refractivity contribution < 1.29 is 13.9 Å². The van der Waals surface area contributed by atoms with Gasteiger partial charge < -0.3 is 24.7 Å². The number of ether oxygens (including phenoxy) is 1. The summed E-state index contributed by atoms with van der Waals surface area (Å²) in [6.07, 6.45) is 3.51. The summed E-state index contributed by atoms with van der Waals surface area (Å²) in [4.78, 5) is 16.7. The Labute approximate surface area is 166 Å². The number of furan rings is 1. The topological polar surface area (TPSA) is 70.0 Å². The molecule has 0 spiro atoms. The van der Waals surface area contributed by atoms with E-state index in [9.17, 15) is 4.79 Å². The zero-order valence-electron chi connectivity index (χ0n) is 16.9. The molecule has 7 nitrogen and oxygen atoms in total. The number of likely N-dealkylation sites (N-methyl/N-ethyl adjacent to an activating group) is 1. The third-order valence-corrected chi connectivity index (χ3v) is 5.22. The largest absolute Gasteiger partial charge is 0.497 e. The molecule has 0 bridgehead atoms. The highest BCUT2D eigenvalue weighted by molar-refractivity contribution is 5.74. The maximum Gasteiger partial charge on any atom is 0.315 e. The van der Waals surface area contributed by atoms with Crippen LogP contribution in [0.5, 0.6) is 5.75 Å². The second-order valence-corrected chi connectivity index (χ2v) is 7.31. The van der Waals surface area contributed by atoms with Gasteiger partial charge in [0.2, 0.25) is 0 Å². The summed E-state index contributed by atoms with van der Waals surface area (Å²) in [6.45, 7) is 2.34. The van der Waals surface area contributed by atoms with E-state index in [0.29, 0.717) is 6.54 Å². The number of amides is 2. The van der Waals surface area contributed by atoms with Gasteiger partial charge in [0.05, 0.1) is 19.4 Å². The van der Waals surface area contributed by atoms with Crippen LogP contribution in [0.15, 0.2) is 47.1 Å². The maximum atomic E-state index is 12.3. The smallest absolute Gasteiger partial charge is 0.315 e. The summed E-state index contributed by atoms with van der Waals surface area (Å²) in [5.41, 5.74) is 1.19. The molecule has 2 aromatic rings. The fourth-order valence-electron chi connectivity index (χ4n) is 3.52. The summed E-state index contributed by atoms with van der Waals surface area (Å²) in [5, 5.41) is 6.08. The van der Waals surface area contributed by atoms with Crippen molar-refractivity contribution in [2.45, 2.75) is 24.9 Å². The first-order valence-corrected chi connectivity index (χ1v) is 9.70. The summed E-state index contributed by atoms with van der Waals surface area (Å²) in [7, 11) is 5.62. The Hall–Kier alpha value is -2.67. The quantitative estimate of drug-likeness (QED) is 0.766. The number of benzene rings is 1. The monoisotopic (exact) mass is 386 g/mol. The van der Waals surface area contributed by atoms with Crippen LogP contribution < -0.4 is 20.3 Å². The normalized spacial score (nSPS) is 16.1. The van der Waals surface area contributed by atoms with Crippen LogP contribution >= 0.6 is 0 Å². The fourth-order valence-corrected chi connectivity index (χ4v) is 3.52. The maximum absolute atomic E-state index is 12.3. The average molecular weight is 386 g/mol. The van der Waals surface area contributed by atoms with Gasteiger partial charge in [0.15, 0.2) is 0 Å². The molecule has 28 heavy (non-hydrogen) atoms. The van der Waals surface area contributed by atoms with Crippen molar-refractivity contribution >= 4 is 11.7 Å². The molecule has 1 aliphatic rings. The minimum atomic E-state index is -0.124. The van der Waals surface area contributed by atoms with Crippen molar-refractivity contribution in [1.29, 1.82) is 0 Å². The Morgan fingerprint density at radius 2 is 1.96 bits per heavy atom. The molecule has 1 unspecified atom stereocenters. The van der Waals surface area contributed by atoms with E-state index in [4.69, 9.17) is 9.15 Å². The molecule has 1 saturated heterocycles. The predicted molar refractivity (Wildman–Crippen MR) is 110 cm³/mol. The van der Waals surface area contributed by atoms with Gasteiger partial charge in [-0.2, -0.15) is 0 Å². The number of hydrogen-bond donors (Lipinski definition) is 2. The first-order valence-electron chi connectivity index (χ1n) is 9.70. The van der Waals surface area contributed by atoms with E-state index in [1.165, 1.54) is 5.69 Å². The number of urea groups is 1. The molecular weight excluding hydrogens is 356 g/mol. The van der Waals surface area contributed by atoms with Gasteiger partial charge in [-0.3, -0.25) is 4.90 Å². The standard InChI is InChI=1S/C21H30N4O3/c1-24(2)19(20-5-4-14-28-20)15-22-21(26)23-16-10-12-25(13-11-16)17-6-8-18(27-3)9-7-17/h4-9,14,16,19H,10-13,15H2,1-3H3,(H2,22,23,26). The number of hydrogen-bond acceptors (Lipinski definition) is 5. The second kappa shape index (κ2) is 9.50. The zero-order chi connectivity index (χ0) is 19.9. The highest BCUT2D eigenvalue weighted by Gasteiger charge is 2.22. The van der Waals surface area contributed by atoms with Gasteiger partial charge in [-0.1, -0.05) is 0 Å². The minimum Gasteiger partial charge on any atom is -0.497 e. The molecule has 1 aromatic heterocycles. The Bertz CT molecular complexity index is 723. The van der Waals surface area contributed by atoms with Crippen LogP contribution in [0.25, 0.3) is 0 Å². The van der Waals surface area contributed by atoms with E-state index in [1.54, 1.807) is 13.4 Å². The number of methoxy groups -OCH3 is 1. The lowest BCUT2D eigenvalue weighted by Gasteiger charge is -2.34. The molecular formula is C21H30N4O3. The molecule has 2 heterocycles. The molecule has 3 rings (SSSR count). The van der Waals surface area contributed by atoms with Gasteiger partial charge >= 0.3 is 6.03 Å². The molecule has 1 atom stereocenters. The number of anilines is 1. The van der Waals surface area contributed by atoms with Crippen LogP contribution in [0.3, 0.4) is 0 Å². The number of nitrogens with one attached hydrogen (secondary N) is 2. The highest BCUT2D eigenvalue weighted by Crippen LogP contribution is 2.23. The zero-order valence-corrected chi connectivity index (χ0v) is 16.9. The number of carbonyl (C=O) groups is 1. The van der Waals surface area contributed by atoms with Gasteiger partial charge in [0.1, 0.15) is 11.5 Å². The summed E-state index contributed by atoms with van der Waals surface area (Å²) >= 11 is 0. The molecule has 2 amide bonds. The van der Waals surface area contributed by atoms with E-state index < -0.39 is 0 Å². The Balaban J connectivity index is 1.43. The third kappa shape index (κ3) is 5.19. The number of carbonyl (C=O) groups excluding carboxylic acids is 1. The van der Waals surface area contributed by atoms with E-state index >= 15 is 0 Å². The van der Waals surface area contributed by atoms with Crippen LogP contribution in [0.4, 0.5) is 10.5 Å². The Morgan fingerprint density at radius 1 is 1.25 bits per heavy atom. The summed E-state index contributed by atoms with van der Waals surface area (Å²) in [6, 6.07) is 12.0. The highest BCUT2D eigenvalue weighted by atomic mass is 16.5. The molecule has 1 aliphatic heterocycles. The van der Waals surface area contributed by atoms with Crippen LogP contribution in [0.2, 0.25) is 0 Å². The molecule has 0 aliphatic carbocycles. The summed E-state index contributed by atoms with van der Waals surface area (Å²) in [5.74, 6) is 1.71. The van der Waals surface area contributed by atoms with Crippen LogP contribution in [0, 0.1) is 0 Å². The lowest BCUT2D eigenvalue weighted by Crippen LogP contribution is -2.49. The van der Waals surface area contributed by atoms with E-state index in [1.807, 2.05) is 43.3 Å². The Kier molecular flexibility index (Phi) is 6.81. The van der Waals surface area contributed by atoms with Gasteiger partial charge in [0, 0.05) is 31.4 Å². The first kappa shape index (κ1) is 20.1. The van der Waals surface area contributed by atoms with Crippen LogP contribution in [0.1, 0.15) is 24.6 Å². The number of piperidine rings is 1. The Morgan fingerprint density at radius 3 is 2.54 bits per heavy atom. The van der Waals surface area contributed by atoms with Gasteiger partial charge in [-0.25, -0.2) is 4.79 Å². The van der Waals surface area contributed by atoms with Crippen LogP contribution in [-0.2, 0) is 0 Å². The minimum absolute atomic E-state index is 0.0117. The van der Waals surface area contributed by atoms with Crippen molar-refractivity contribution in [2.24, 2.45) is 0 Å². The van der Waals surface area contributed by atoms with E-state index in [0.717, 1.165) is 37.4 Å². The third-order valence-electron chi connectivity index (χ3n) is 5.22. The van der Waals surface area contributed by atoms with E-state index in [-0.39, 0.29) is 18.1 Å². The second-order valence-electron chi connectivity index (χ2n) is 7.31. The van der Waals surface area contributed by atoms with Crippen molar-refractivity contribution in [3.05, 3.63) is 48.4 Å². The predicted octanol–water partition coefficient (Wildman–Crippen LogP) is 2.86. The molecule has 0 saturated carbocycles. The average Bonchev–Trinajstić information content (AvgIpc) is 3.23. The fraction of sp³-hybridized carbons (Fsp3) is 0.476. The van der Waals surface area contributed by atoms with E-state index in [2.05, 4.69) is 27.7 Å². The van der Waals surface area contributed by atoms with Gasteiger partial charge in [0.25, 0.3) is 0 Å². The van der Waals surface area contributed by atoms with Crippen LogP contribution in [-0.4, -0.2) is 57.8 Å². The first-order chi connectivity index (χ1) is 13.6. The molecule has 152 valence electrons. The van der Waals surface area contributed by atoms with Crippen molar-refractivity contribution in [3.63, 3.8) is 0 Å². The van der Waals surface area contributed by atoms with Crippen molar-refractivity contribution in [2.75, 3.05) is 45.7 Å². The lowest BCUT2D eigenvalue weighted by molar-refractivity contribution is 0.220. The van der Waals surface area contributed by atoms with Gasteiger partial charge in [-0.15, -0.1) is 0 Å². The summed E-state index contributed by atoms with van der Waals surface area (Å²) < 4.78 is 10.7. The number of nitrogens with zero attached hydrogens (tertiary/aromatic N) is 2. The lowest BCUT2D eigenvalue weighted by atomic mass is 10.0. The number of rotatable bonds is 7. The van der Waals surface area contributed by atoms with Crippen molar-refractivity contribution in [3.8, 4) is 5.75 Å². The molecule has 0 radical (unpaired) electrons.